The van der Waals surface area contributed by atoms with Gasteiger partial charge in [-0.1, -0.05) is 6.92 Å². The predicted molar refractivity (Wildman–Crippen MR) is 72.8 cm³/mol. The smallest absolute Gasteiger partial charge is 0.153 e. The fourth-order valence-corrected chi connectivity index (χ4v) is 2.77. The van der Waals surface area contributed by atoms with Gasteiger partial charge in [0.15, 0.2) is 11.6 Å². The molecule has 112 valence electrons. The molecule has 1 aromatic carbocycles. The van der Waals surface area contributed by atoms with Crippen LogP contribution in [0.2, 0.25) is 0 Å². The predicted octanol–water partition coefficient (Wildman–Crippen LogP) is 2.89. The standard InChI is InChI=1S/C15H16F3N3/c1-2-3-14-20-12-8-19-5-4-13(12)21(14)15-10(17)6-9(16)7-11(15)18/h6-7,19H,2-5,8H2,1H3. The van der Waals surface area contributed by atoms with Crippen molar-refractivity contribution in [3.05, 3.63) is 46.8 Å². The molecule has 0 spiro atoms. The van der Waals surface area contributed by atoms with Gasteiger partial charge < -0.3 is 5.32 Å². The molecule has 3 nitrogen and oxygen atoms in total. The molecule has 2 aromatic rings. The first-order chi connectivity index (χ1) is 10.1. The van der Waals surface area contributed by atoms with E-state index in [4.69, 9.17) is 0 Å². The van der Waals surface area contributed by atoms with Gasteiger partial charge in [-0.05, 0) is 6.42 Å². The molecule has 0 atom stereocenters. The van der Waals surface area contributed by atoms with Gasteiger partial charge in [0.1, 0.15) is 17.3 Å². The van der Waals surface area contributed by atoms with E-state index in [2.05, 4.69) is 10.3 Å². The maximum absolute atomic E-state index is 14.1. The Morgan fingerprint density at radius 3 is 2.62 bits per heavy atom. The number of aromatic nitrogens is 2. The summed E-state index contributed by atoms with van der Waals surface area (Å²) in [6, 6.07) is 1.42. The highest BCUT2D eigenvalue weighted by Crippen LogP contribution is 2.27. The Kier molecular flexibility index (Phi) is 3.71. The number of hydrogen-bond acceptors (Lipinski definition) is 2. The van der Waals surface area contributed by atoms with Crippen LogP contribution in [0.4, 0.5) is 13.2 Å². The van der Waals surface area contributed by atoms with Gasteiger partial charge in [0.05, 0.1) is 5.69 Å². The zero-order chi connectivity index (χ0) is 15.0. The van der Waals surface area contributed by atoms with Crippen molar-refractivity contribution >= 4 is 0 Å². The number of nitrogens with zero attached hydrogens (tertiary/aromatic N) is 2. The molecule has 0 radical (unpaired) electrons. The van der Waals surface area contributed by atoms with Crippen molar-refractivity contribution in [1.29, 1.82) is 0 Å². The average Bonchev–Trinajstić information content (AvgIpc) is 2.77. The maximum Gasteiger partial charge on any atom is 0.153 e. The molecule has 1 aliphatic heterocycles. The van der Waals surface area contributed by atoms with Crippen molar-refractivity contribution in [2.45, 2.75) is 32.7 Å². The maximum atomic E-state index is 14.1. The van der Waals surface area contributed by atoms with Crippen molar-refractivity contribution in [1.82, 2.24) is 14.9 Å². The highest BCUT2D eigenvalue weighted by molar-refractivity contribution is 5.41. The van der Waals surface area contributed by atoms with Crippen molar-refractivity contribution in [2.24, 2.45) is 0 Å². The Balaban J connectivity index is 2.24. The molecule has 0 saturated heterocycles. The van der Waals surface area contributed by atoms with Crippen LogP contribution in [0.3, 0.4) is 0 Å². The fourth-order valence-electron chi connectivity index (χ4n) is 2.77. The van der Waals surface area contributed by atoms with Gasteiger partial charge in [-0.3, -0.25) is 4.57 Å². The summed E-state index contributed by atoms with van der Waals surface area (Å²) in [4.78, 5) is 4.49. The Morgan fingerprint density at radius 1 is 1.24 bits per heavy atom. The molecule has 1 aromatic heterocycles. The summed E-state index contributed by atoms with van der Waals surface area (Å²) in [6.45, 7) is 3.30. The molecule has 1 N–H and O–H groups in total. The van der Waals surface area contributed by atoms with E-state index >= 15 is 0 Å². The zero-order valence-corrected chi connectivity index (χ0v) is 11.7. The van der Waals surface area contributed by atoms with E-state index in [1.165, 1.54) is 4.57 Å². The first kappa shape index (κ1) is 14.1. The zero-order valence-electron chi connectivity index (χ0n) is 11.7. The second-order valence-electron chi connectivity index (χ2n) is 5.15. The highest BCUT2D eigenvalue weighted by Gasteiger charge is 2.24. The number of halogens is 3. The Morgan fingerprint density at radius 2 is 1.95 bits per heavy atom. The molecule has 6 heteroatoms. The lowest BCUT2D eigenvalue weighted by Crippen LogP contribution is -2.25. The average molecular weight is 295 g/mol. The van der Waals surface area contributed by atoms with Crippen LogP contribution in [0.5, 0.6) is 0 Å². The van der Waals surface area contributed by atoms with Crippen LogP contribution in [0.15, 0.2) is 12.1 Å². The lowest BCUT2D eigenvalue weighted by Gasteiger charge is -2.17. The summed E-state index contributed by atoms with van der Waals surface area (Å²) in [7, 11) is 0. The molecular formula is C15H16F3N3. The van der Waals surface area contributed by atoms with Crippen LogP contribution in [0.25, 0.3) is 5.69 Å². The summed E-state index contributed by atoms with van der Waals surface area (Å²) in [5.41, 5.74) is 1.39. The normalized spacial score (nSPS) is 14.3. The second kappa shape index (κ2) is 5.52. The number of fused-ring (bicyclic) bond motifs is 1. The summed E-state index contributed by atoms with van der Waals surface area (Å²) in [5, 5.41) is 3.19. The molecule has 0 saturated carbocycles. The Labute approximate surface area is 120 Å². The van der Waals surface area contributed by atoms with Gasteiger partial charge in [0, 0.05) is 43.8 Å². The monoisotopic (exact) mass is 295 g/mol. The van der Waals surface area contributed by atoms with Crippen molar-refractivity contribution in [3.8, 4) is 5.69 Å². The summed E-state index contributed by atoms with van der Waals surface area (Å²) in [6.07, 6.45) is 2.07. The van der Waals surface area contributed by atoms with Gasteiger partial charge in [-0.15, -0.1) is 0 Å². The number of rotatable bonds is 3. The third-order valence-electron chi connectivity index (χ3n) is 3.64. The van der Waals surface area contributed by atoms with E-state index in [1.807, 2.05) is 6.92 Å². The number of benzene rings is 1. The number of imidazole rings is 1. The number of hydrogen-bond donors (Lipinski definition) is 1. The van der Waals surface area contributed by atoms with Crippen LogP contribution in [-0.4, -0.2) is 16.1 Å². The Hall–Kier alpha value is -1.82. The minimum Gasteiger partial charge on any atom is -0.311 e. The van der Waals surface area contributed by atoms with Crippen LogP contribution in [-0.2, 0) is 19.4 Å². The third kappa shape index (κ3) is 2.44. The SMILES string of the molecule is CCCc1nc2c(n1-c1c(F)cc(F)cc1F)CCNC2. The highest BCUT2D eigenvalue weighted by atomic mass is 19.1. The first-order valence-corrected chi connectivity index (χ1v) is 7.06. The minimum absolute atomic E-state index is 0.226. The van der Waals surface area contributed by atoms with Crippen LogP contribution in [0.1, 0.15) is 30.6 Å². The molecule has 0 amide bonds. The summed E-state index contributed by atoms with van der Waals surface area (Å²) >= 11 is 0. The number of nitrogens with one attached hydrogen (secondary N) is 1. The van der Waals surface area contributed by atoms with Crippen molar-refractivity contribution in [2.75, 3.05) is 6.54 Å². The molecule has 21 heavy (non-hydrogen) atoms. The van der Waals surface area contributed by atoms with E-state index in [9.17, 15) is 13.2 Å². The fraction of sp³-hybridized carbons (Fsp3) is 0.400. The lowest BCUT2D eigenvalue weighted by atomic mass is 10.1. The largest absolute Gasteiger partial charge is 0.311 e. The lowest BCUT2D eigenvalue weighted by molar-refractivity contribution is 0.527. The molecule has 0 fully saturated rings. The quantitative estimate of drug-likeness (QED) is 0.943. The van der Waals surface area contributed by atoms with Gasteiger partial charge in [0.2, 0.25) is 0 Å². The van der Waals surface area contributed by atoms with Crippen LogP contribution < -0.4 is 5.32 Å². The molecule has 0 unspecified atom stereocenters. The first-order valence-electron chi connectivity index (χ1n) is 7.06. The summed E-state index contributed by atoms with van der Waals surface area (Å²) in [5.74, 6) is -2.09. The summed E-state index contributed by atoms with van der Waals surface area (Å²) < 4.78 is 42.9. The van der Waals surface area contributed by atoms with Gasteiger partial charge in [0.25, 0.3) is 0 Å². The minimum atomic E-state index is -0.915. The molecule has 0 aliphatic carbocycles. The molecule has 2 heterocycles. The van der Waals surface area contributed by atoms with E-state index in [1.54, 1.807) is 0 Å². The van der Waals surface area contributed by atoms with Gasteiger partial charge >= 0.3 is 0 Å². The van der Waals surface area contributed by atoms with Crippen LogP contribution >= 0.6 is 0 Å². The van der Waals surface area contributed by atoms with Crippen LogP contribution in [0, 0.1) is 17.5 Å². The molecular weight excluding hydrogens is 279 g/mol. The number of aryl methyl sites for hydroxylation is 1. The van der Waals surface area contributed by atoms with E-state index < -0.39 is 17.5 Å². The van der Waals surface area contributed by atoms with Crippen molar-refractivity contribution < 1.29 is 13.2 Å². The van der Waals surface area contributed by atoms with Gasteiger partial charge in [-0.2, -0.15) is 0 Å². The Bertz CT molecular complexity index is 656. The molecule has 3 rings (SSSR count). The topological polar surface area (TPSA) is 29.9 Å². The van der Waals surface area contributed by atoms with Crippen molar-refractivity contribution in [3.63, 3.8) is 0 Å². The van der Waals surface area contributed by atoms with Gasteiger partial charge in [-0.25, -0.2) is 18.2 Å². The third-order valence-corrected chi connectivity index (χ3v) is 3.64. The van der Waals surface area contributed by atoms with E-state index in [-0.39, 0.29) is 5.69 Å². The second-order valence-corrected chi connectivity index (χ2v) is 5.15. The molecule has 1 aliphatic rings. The van der Waals surface area contributed by atoms with E-state index in [0.29, 0.717) is 37.3 Å². The van der Waals surface area contributed by atoms with E-state index in [0.717, 1.165) is 24.4 Å². The molecule has 0 bridgehead atoms.